The number of piperazine rings is 1. The standard InChI is InChI=1S/C17H14F2N4O/c18-14-2-3-15(19)13(7-14)10-23-6-5-22(11-17(23)24)16-4-1-12(8-20)9-21-16/h1-4,7,9H,5-6,10-11H2. The highest BCUT2D eigenvalue weighted by Crippen LogP contribution is 2.18. The molecule has 5 nitrogen and oxygen atoms in total. The molecule has 0 spiro atoms. The highest BCUT2D eigenvalue weighted by molar-refractivity contribution is 5.82. The van der Waals surface area contributed by atoms with E-state index in [9.17, 15) is 13.6 Å². The maximum atomic E-state index is 13.7. The molecule has 7 heteroatoms. The van der Waals surface area contributed by atoms with Crippen LogP contribution in [0.5, 0.6) is 0 Å². The van der Waals surface area contributed by atoms with Crippen molar-refractivity contribution < 1.29 is 13.6 Å². The predicted octanol–water partition coefficient (Wildman–Crippen LogP) is 2.08. The molecule has 1 aliphatic heterocycles. The molecule has 1 saturated heterocycles. The maximum Gasteiger partial charge on any atom is 0.242 e. The van der Waals surface area contributed by atoms with Gasteiger partial charge in [-0.05, 0) is 30.3 Å². The molecular formula is C17H14F2N4O. The van der Waals surface area contributed by atoms with Crippen molar-refractivity contribution in [1.82, 2.24) is 9.88 Å². The number of anilines is 1. The number of halogens is 2. The smallest absolute Gasteiger partial charge is 0.242 e. The minimum absolute atomic E-state index is 0.0388. The molecule has 3 rings (SSSR count). The van der Waals surface area contributed by atoms with Crippen molar-refractivity contribution in [2.45, 2.75) is 6.54 Å². The summed E-state index contributed by atoms with van der Waals surface area (Å²) in [5.74, 6) is -0.630. The molecule has 0 unspecified atom stereocenters. The van der Waals surface area contributed by atoms with Crippen LogP contribution >= 0.6 is 0 Å². The van der Waals surface area contributed by atoms with Gasteiger partial charge < -0.3 is 9.80 Å². The van der Waals surface area contributed by atoms with Crippen LogP contribution in [0.4, 0.5) is 14.6 Å². The van der Waals surface area contributed by atoms with Gasteiger partial charge in [-0.3, -0.25) is 4.79 Å². The minimum atomic E-state index is -0.528. The third-order valence-corrected chi connectivity index (χ3v) is 3.89. The fourth-order valence-electron chi connectivity index (χ4n) is 2.58. The highest BCUT2D eigenvalue weighted by atomic mass is 19.1. The lowest BCUT2D eigenvalue weighted by atomic mass is 10.1. The normalized spacial score (nSPS) is 14.6. The first-order chi connectivity index (χ1) is 11.6. The number of hydrogen-bond acceptors (Lipinski definition) is 4. The van der Waals surface area contributed by atoms with Gasteiger partial charge in [0.2, 0.25) is 5.91 Å². The molecule has 0 radical (unpaired) electrons. The van der Waals surface area contributed by atoms with Crippen LogP contribution in [0, 0.1) is 23.0 Å². The first-order valence-corrected chi connectivity index (χ1v) is 7.39. The van der Waals surface area contributed by atoms with Crippen molar-refractivity contribution in [1.29, 1.82) is 5.26 Å². The molecule has 0 aliphatic carbocycles. The lowest BCUT2D eigenvalue weighted by Crippen LogP contribution is -2.50. The van der Waals surface area contributed by atoms with Crippen molar-refractivity contribution >= 4 is 11.7 Å². The molecule has 1 aromatic carbocycles. The van der Waals surface area contributed by atoms with Gasteiger partial charge in [-0.15, -0.1) is 0 Å². The molecule has 24 heavy (non-hydrogen) atoms. The number of nitrogens with zero attached hydrogens (tertiary/aromatic N) is 4. The molecule has 0 atom stereocenters. The van der Waals surface area contributed by atoms with Crippen molar-refractivity contribution in [3.8, 4) is 6.07 Å². The van der Waals surface area contributed by atoms with Crippen LogP contribution in [-0.4, -0.2) is 35.4 Å². The van der Waals surface area contributed by atoms with E-state index < -0.39 is 11.6 Å². The van der Waals surface area contributed by atoms with Crippen LogP contribution in [-0.2, 0) is 11.3 Å². The zero-order valence-electron chi connectivity index (χ0n) is 12.7. The van der Waals surface area contributed by atoms with E-state index in [1.165, 1.54) is 11.1 Å². The van der Waals surface area contributed by atoms with Crippen LogP contribution in [0.3, 0.4) is 0 Å². The van der Waals surface area contributed by atoms with Crippen LogP contribution < -0.4 is 4.90 Å². The largest absolute Gasteiger partial charge is 0.346 e. The lowest BCUT2D eigenvalue weighted by Gasteiger charge is -2.35. The number of rotatable bonds is 3. The second kappa shape index (κ2) is 6.62. The number of aromatic nitrogens is 1. The van der Waals surface area contributed by atoms with Crippen molar-refractivity contribution in [3.63, 3.8) is 0 Å². The van der Waals surface area contributed by atoms with Crippen LogP contribution in [0.1, 0.15) is 11.1 Å². The second-order valence-electron chi connectivity index (χ2n) is 5.49. The van der Waals surface area contributed by atoms with E-state index in [1.807, 2.05) is 6.07 Å². The predicted molar refractivity (Wildman–Crippen MR) is 82.9 cm³/mol. The van der Waals surface area contributed by atoms with E-state index in [1.54, 1.807) is 17.0 Å². The molecule has 0 N–H and O–H groups in total. The van der Waals surface area contributed by atoms with Crippen LogP contribution in [0.25, 0.3) is 0 Å². The van der Waals surface area contributed by atoms with E-state index in [-0.39, 0.29) is 24.6 Å². The van der Waals surface area contributed by atoms with Crippen molar-refractivity contribution in [2.24, 2.45) is 0 Å². The summed E-state index contributed by atoms with van der Waals surface area (Å²) in [7, 11) is 0. The average molecular weight is 328 g/mol. The third-order valence-electron chi connectivity index (χ3n) is 3.89. The lowest BCUT2D eigenvalue weighted by molar-refractivity contribution is -0.131. The van der Waals surface area contributed by atoms with E-state index >= 15 is 0 Å². The Morgan fingerprint density at radius 1 is 1.21 bits per heavy atom. The molecule has 2 aromatic rings. The van der Waals surface area contributed by atoms with Crippen LogP contribution in [0.2, 0.25) is 0 Å². The molecule has 1 fully saturated rings. The summed E-state index contributed by atoms with van der Waals surface area (Å²) < 4.78 is 26.9. The maximum absolute atomic E-state index is 13.7. The van der Waals surface area contributed by atoms with Gasteiger partial charge >= 0.3 is 0 Å². The Labute approximate surface area is 137 Å². The molecule has 1 amide bonds. The Balaban J connectivity index is 1.68. The Hall–Kier alpha value is -3.01. The average Bonchev–Trinajstić information content (AvgIpc) is 2.60. The summed E-state index contributed by atoms with van der Waals surface area (Å²) in [5, 5.41) is 8.78. The molecule has 0 saturated carbocycles. The number of carbonyl (C=O) groups excluding carboxylic acids is 1. The number of amides is 1. The summed E-state index contributed by atoms with van der Waals surface area (Å²) in [6.45, 7) is 1.06. The second-order valence-corrected chi connectivity index (χ2v) is 5.49. The third kappa shape index (κ3) is 3.33. The monoisotopic (exact) mass is 328 g/mol. The van der Waals surface area contributed by atoms with Crippen molar-refractivity contribution in [2.75, 3.05) is 24.5 Å². The molecule has 0 bridgehead atoms. The minimum Gasteiger partial charge on any atom is -0.346 e. The number of benzene rings is 1. The number of nitriles is 1. The molecule has 1 aliphatic rings. The van der Waals surface area contributed by atoms with Gasteiger partial charge in [0.25, 0.3) is 0 Å². The van der Waals surface area contributed by atoms with Gasteiger partial charge in [-0.2, -0.15) is 5.26 Å². The van der Waals surface area contributed by atoms with Gasteiger partial charge in [-0.25, -0.2) is 13.8 Å². The first-order valence-electron chi connectivity index (χ1n) is 7.39. The Morgan fingerprint density at radius 2 is 2.04 bits per heavy atom. The number of hydrogen-bond donors (Lipinski definition) is 0. The summed E-state index contributed by atoms with van der Waals surface area (Å²) in [4.78, 5) is 19.7. The fraction of sp³-hybridized carbons (Fsp3) is 0.235. The van der Waals surface area contributed by atoms with Gasteiger partial charge in [0, 0.05) is 31.4 Å². The van der Waals surface area contributed by atoms with E-state index in [2.05, 4.69) is 4.98 Å². The Kier molecular flexibility index (Phi) is 4.38. The zero-order chi connectivity index (χ0) is 17.1. The van der Waals surface area contributed by atoms with Gasteiger partial charge in [0.15, 0.2) is 0 Å². The Morgan fingerprint density at radius 3 is 2.71 bits per heavy atom. The van der Waals surface area contributed by atoms with E-state index in [0.717, 1.165) is 18.2 Å². The van der Waals surface area contributed by atoms with Gasteiger partial charge in [-0.1, -0.05) is 0 Å². The molecular weight excluding hydrogens is 314 g/mol. The van der Waals surface area contributed by atoms with Gasteiger partial charge in [0.1, 0.15) is 23.5 Å². The molecule has 1 aromatic heterocycles. The van der Waals surface area contributed by atoms with Gasteiger partial charge in [0.05, 0.1) is 12.1 Å². The highest BCUT2D eigenvalue weighted by Gasteiger charge is 2.25. The molecule has 122 valence electrons. The zero-order valence-corrected chi connectivity index (χ0v) is 12.7. The SMILES string of the molecule is N#Cc1ccc(N2CCN(Cc3cc(F)ccc3F)C(=O)C2)nc1. The van der Waals surface area contributed by atoms with E-state index in [0.29, 0.717) is 24.5 Å². The van der Waals surface area contributed by atoms with E-state index in [4.69, 9.17) is 5.26 Å². The number of carbonyl (C=O) groups is 1. The van der Waals surface area contributed by atoms with Crippen LogP contribution in [0.15, 0.2) is 36.5 Å². The van der Waals surface area contributed by atoms with Crippen molar-refractivity contribution in [3.05, 3.63) is 59.3 Å². The topological polar surface area (TPSA) is 60.2 Å². The summed E-state index contributed by atoms with van der Waals surface area (Å²) in [6, 6.07) is 8.54. The first kappa shape index (κ1) is 15.9. The summed E-state index contributed by atoms with van der Waals surface area (Å²) in [5.41, 5.74) is 0.610. The Bertz CT molecular complexity index is 801. The fourth-order valence-corrected chi connectivity index (χ4v) is 2.58. The number of pyridine rings is 1. The summed E-state index contributed by atoms with van der Waals surface area (Å²) >= 11 is 0. The molecule has 2 heterocycles. The summed E-state index contributed by atoms with van der Waals surface area (Å²) in [6.07, 6.45) is 1.45. The quantitative estimate of drug-likeness (QED) is 0.865.